The van der Waals surface area contributed by atoms with Crippen molar-refractivity contribution >= 4 is 5.97 Å². The summed E-state index contributed by atoms with van der Waals surface area (Å²) in [4.78, 5) is 10.1. The molecular weight excluding hydrogens is 204 g/mol. The molecule has 1 radical (unpaired) electrons. The van der Waals surface area contributed by atoms with E-state index in [9.17, 15) is 4.79 Å². The van der Waals surface area contributed by atoms with Crippen molar-refractivity contribution in [2.75, 3.05) is 0 Å². The van der Waals surface area contributed by atoms with E-state index in [0.29, 0.717) is 6.42 Å². The molecule has 0 aromatic heterocycles. The van der Waals surface area contributed by atoms with Crippen molar-refractivity contribution < 1.29 is 27.0 Å². The fourth-order valence-corrected chi connectivity index (χ4v) is 1.01. The standard InChI is InChI=1S/C9H18O2.Cu/c1-8(2)6-4-3-5-7-9(10)11;/h8H,3-7H2,1-2H3,(H,10,11);. The Labute approximate surface area is 85.2 Å². The van der Waals surface area contributed by atoms with Gasteiger partial charge in [0.1, 0.15) is 0 Å². The van der Waals surface area contributed by atoms with Crippen molar-refractivity contribution in [2.24, 2.45) is 5.92 Å². The van der Waals surface area contributed by atoms with Gasteiger partial charge in [-0.05, 0) is 12.3 Å². The number of carboxylic acid groups (broad SMARTS) is 1. The quantitative estimate of drug-likeness (QED) is 0.553. The van der Waals surface area contributed by atoms with E-state index in [-0.39, 0.29) is 17.1 Å². The van der Waals surface area contributed by atoms with Gasteiger partial charge in [-0.25, -0.2) is 0 Å². The van der Waals surface area contributed by atoms with Gasteiger partial charge in [0.15, 0.2) is 0 Å². The zero-order valence-electron chi connectivity index (χ0n) is 7.77. The molecule has 2 nitrogen and oxygen atoms in total. The van der Waals surface area contributed by atoms with E-state index in [1.54, 1.807) is 0 Å². The molecular formula is C9H18CuO2. The normalized spacial score (nSPS) is 9.58. The molecule has 0 atom stereocenters. The second-order valence-corrected chi connectivity index (χ2v) is 3.39. The summed E-state index contributed by atoms with van der Waals surface area (Å²) in [5, 5.41) is 8.32. The van der Waals surface area contributed by atoms with Crippen molar-refractivity contribution in [1.82, 2.24) is 0 Å². The van der Waals surface area contributed by atoms with E-state index in [1.165, 1.54) is 12.8 Å². The molecule has 0 unspecified atom stereocenters. The van der Waals surface area contributed by atoms with Gasteiger partial charge in [-0.3, -0.25) is 4.79 Å². The van der Waals surface area contributed by atoms with Crippen LogP contribution in [0.25, 0.3) is 0 Å². The Bertz CT molecular complexity index is 113. The molecule has 3 heteroatoms. The molecule has 0 saturated carbocycles. The fraction of sp³-hybridized carbons (Fsp3) is 0.889. The maximum absolute atomic E-state index is 10.1. The van der Waals surface area contributed by atoms with E-state index in [2.05, 4.69) is 13.8 Å². The first kappa shape index (κ1) is 14.5. The van der Waals surface area contributed by atoms with Gasteiger partial charge in [0.2, 0.25) is 0 Å². The number of rotatable bonds is 6. The molecule has 0 aromatic rings. The van der Waals surface area contributed by atoms with E-state index >= 15 is 0 Å². The number of carbonyl (C=O) groups is 1. The maximum Gasteiger partial charge on any atom is 0.303 e. The Morgan fingerprint density at radius 3 is 2.25 bits per heavy atom. The summed E-state index contributed by atoms with van der Waals surface area (Å²) < 4.78 is 0. The van der Waals surface area contributed by atoms with Crippen LogP contribution < -0.4 is 0 Å². The van der Waals surface area contributed by atoms with Gasteiger partial charge in [0.25, 0.3) is 0 Å². The number of unbranched alkanes of at least 4 members (excludes halogenated alkanes) is 2. The summed E-state index contributed by atoms with van der Waals surface area (Å²) >= 11 is 0. The minimum atomic E-state index is -0.672. The fourth-order valence-electron chi connectivity index (χ4n) is 1.01. The Kier molecular flexibility index (Phi) is 11.0. The van der Waals surface area contributed by atoms with E-state index < -0.39 is 5.97 Å². The van der Waals surface area contributed by atoms with Crippen LogP contribution in [0.4, 0.5) is 0 Å². The third kappa shape index (κ3) is 12.6. The van der Waals surface area contributed by atoms with Crippen LogP contribution in [-0.2, 0) is 21.9 Å². The van der Waals surface area contributed by atoms with Crippen LogP contribution in [0.2, 0.25) is 0 Å². The smallest absolute Gasteiger partial charge is 0.303 e. The SMILES string of the molecule is CC(C)CCCCCC(=O)O.[Cu]. The second-order valence-electron chi connectivity index (χ2n) is 3.39. The minimum absolute atomic E-state index is 0. The predicted octanol–water partition coefficient (Wildman–Crippen LogP) is 2.68. The molecule has 0 saturated heterocycles. The van der Waals surface area contributed by atoms with E-state index in [1.807, 2.05) is 0 Å². The van der Waals surface area contributed by atoms with Crippen LogP contribution in [-0.4, -0.2) is 11.1 Å². The molecule has 0 bridgehead atoms. The van der Waals surface area contributed by atoms with Crippen LogP contribution in [0.3, 0.4) is 0 Å². The van der Waals surface area contributed by atoms with Gasteiger partial charge in [-0.15, -0.1) is 0 Å². The molecule has 12 heavy (non-hydrogen) atoms. The van der Waals surface area contributed by atoms with Gasteiger partial charge in [-0.2, -0.15) is 0 Å². The molecule has 1 N–H and O–H groups in total. The molecule has 0 aliphatic rings. The first-order valence-electron chi connectivity index (χ1n) is 4.34. The van der Waals surface area contributed by atoms with Crippen molar-refractivity contribution in [1.29, 1.82) is 0 Å². The van der Waals surface area contributed by atoms with Gasteiger partial charge in [-0.1, -0.05) is 33.1 Å². The second kappa shape index (κ2) is 9.08. The van der Waals surface area contributed by atoms with Crippen LogP contribution in [0.15, 0.2) is 0 Å². The molecule has 0 rings (SSSR count). The largest absolute Gasteiger partial charge is 0.481 e. The Balaban J connectivity index is 0. The summed E-state index contributed by atoms with van der Waals surface area (Å²) in [7, 11) is 0. The topological polar surface area (TPSA) is 37.3 Å². The van der Waals surface area contributed by atoms with Crippen molar-refractivity contribution in [3.05, 3.63) is 0 Å². The molecule has 77 valence electrons. The Morgan fingerprint density at radius 2 is 1.83 bits per heavy atom. The van der Waals surface area contributed by atoms with Crippen molar-refractivity contribution in [3.8, 4) is 0 Å². The predicted molar refractivity (Wildman–Crippen MR) is 45.6 cm³/mol. The average Bonchev–Trinajstić information content (AvgIpc) is 1.85. The van der Waals surface area contributed by atoms with Crippen molar-refractivity contribution in [2.45, 2.75) is 46.0 Å². The Morgan fingerprint density at radius 1 is 1.25 bits per heavy atom. The molecule has 0 fully saturated rings. The number of carboxylic acids is 1. The summed E-state index contributed by atoms with van der Waals surface area (Å²) in [5.74, 6) is 0.0781. The third-order valence-electron chi connectivity index (χ3n) is 1.67. The van der Waals surface area contributed by atoms with Crippen LogP contribution >= 0.6 is 0 Å². The summed E-state index contributed by atoms with van der Waals surface area (Å²) in [6.07, 6.45) is 4.62. The average molecular weight is 222 g/mol. The molecule has 0 aliphatic carbocycles. The first-order chi connectivity index (χ1) is 5.13. The zero-order chi connectivity index (χ0) is 8.69. The van der Waals surface area contributed by atoms with Gasteiger partial charge in [0.05, 0.1) is 0 Å². The van der Waals surface area contributed by atoms with Crippen LogP contribution in [0.5, 0.6) is 0 Å². The summed E-state index contributed by atoms with van der Waals surface area (Å²) in [6, 6.07) is 0. The summed E-state index contributed by atoms with van der Waals surface area (Å²) in [6.45, 7) is 4.38. The Hall–Kier alpha value is -0.0105. The zero-order valence-corrected chi connectivity index (χ0v) is 8.71. The van der Waals surface area contributed by atoms with E-state index in [0.717, 1.165) is 18.8 Å². The maximum atomic E-state index is 10.1. The van der Waals surface area contributed by atoms with Crippen LogP contribution in [0, 0.1) is 5.92 Å². The van der Waals surface area contributed by atoms with E-state index in [4.69, 9.17) is 5.11 Å². The number of aliphatic carboxylic acids is 1. The van der Waals surface area contributed by atoms with Crippen molar-refractivity contribution in [3.63, 3.8) is 0 Å². The van der Waals surface area contributed by atoms with Gasteiger partial charge in [0, 0.05) is 23.5 Å². The molecule has 0 amide bonds. The van der Waals surface area contributed by atoms with Crippen LogP contribution in [0.1, 0.15) is 46.0 Å². The molecule has 0 aliphatic heterocycles. The number of hydrogen-bond acceptors (Lipinski definition) is 1. The minimum Gasteiger partial charge on any atom is -0.481 e. The summed E-state index contributed by atoms with van der Waals surface area (Å²) in [5.41, 5.74) is 0. The van der Waals surface area contributed by atoms with Gasteiger partial charge < -0.3 is 5.11 Å². The van der Waals surface area contributed by atoms with Gasteiger partial charge >= 0.3 is 5.97 Å². The third-order valence-corrected chi connectivity index (χ3v) is 1.67. The first-order valence-corrected chi connectivity index (χ1v) is 4.34. The monoisotopic (exact) mass is 221 g/mol. The molecule has 0 spiro atoms. The molecule has 0 aromatic carbocycles. The molecule has 0 heterocycles. The number of hydrogen-bond donors (Lipinski definition) is 1.